The molecular weight excluding hydrogens is 825 g/mol. The van der Waals surface area contributed by atoms with Gasteiger partial charge in [0.15, 0.2) is 11.6 Å². The van der Waals surface area contributed by atoms with Crippen LogP contribution in [0.4, 0.5) is 14.5 Å². The summed E-state index contributed by atoms with van der Waals surface area (Å²) in [5, 5.41) is 15.3. The van der Waals surface area contributed by atoms with Gasteiger partial charge in [-0.15, -0.1) is 0 Å². The van der Waals surface area contributed by atoms with Crippen LogP contribution < -0.4 is 20.9 Å². The van der Waals surface area contributed by atoms with Gasteiger partial charge < -0.3 is 25.9 Å². The zero-order valence-electron chi connectivity index (χ0n) is 37.6. The van der Waals surface area contributed by atoms with Crippen molar-refractivity contribution in [1.82, 2.24) is 24.7 Å². The molecule has 3 aromatic carbocycles. The smallest absolute Gasteiger partial charge is 0.261 e. The number of nitriles is 1. The summed E-state index contributed by atoms with van der Waals surface area (Å²) >= 11 is 0. The molecule has 1 unspecified atom stereocenters. The van der Waals surface area contributed by atoms with Gasteiger partial charge in [0.2, 0.25) is 17.7 Å². The Hall–Kier alpha value is -5.76. The van der Waals surface area contributed by atoms with Crippen LogP contribution >= 0.6 is 0 Å². The van der Waals surface area contributed by atoms with Crippen molar-refractivity contribution in [2.75, 3.05) is 38.0 Å². The zero-order valence-corrected chi connectivity index (χ0v) is 37.6. The average Bonchev–Trinajstić information content (AvgIpc) is 3.69. The van der Waals surface area contributed by atoms with Gasteiger partial charge in [0.25, 0.3) is 5.56 Å². The molecule has 1 aliphatic carbocycles. The fraction of sp³-hybridized carbons (Fsp3) is 0.500. The van der Waals surface area contributed by atoms with Gasteiger partial charge >= 0.3 is 0 Å². The molecule has 352 valence electrons. The highest BCUT2D eigenvalue weighted by Crippen LogP contribution is 2.47. The van der Waals surface area contributed by atoms with Gasteiger partial charge in [0, 0.05) is 35.5 Å². The maximum absolute atomic E-state index is 15.2. The lowest BCUT2D eigenvalue weighted by molar-refractivity contribution is -0.134. The number of nitrogens with one attached hydrogen (secondary N) is 2. The average molecular weight is 894 g/mol. The SMILES string of the molecule is CC.CCC.Cc1ccc(F)c(Oc2ccc3ncn(C4CCC5(CC4)CCN(C(=O)CN4CCC(c6ccc(NC7CCC(=O)NC7=O)cc6F)CC4)C5)c(=O)c3c2)c1C#N.O.O.[HH].[HH].[HH]. The van der Waals surface area contributed by atoms with Crippen LogP contribution in [0.25, 0.3) is 10.9 Å². The minimum Gasteiger partial charge on any atom is -0.453 e. The van der Waals surface area contributed by atoms with Gasteiger partial charge in [0.05, 0.1) is 23.8 Å². The van der Waals surface area contributed by atoms with E-state index in [9.17, 15) is 28.8 Å². The molecule has 6 N–H and O–H groups in total. The molecule has 0 bridgehead atoms. The summed E-state index contributed by atoms with van der Waals surface area (Å²) in [6.45, 7) is 13.1. The van der Waals surface area contributed by atoms with Gasteiger partial charge in [-0.05, 0) is 130 Å². The standard InChI is InChI=1S/C43H45F2N7O5.C3H8.C2H6.2H2O.3H2/c1-26-2-6-34(44)40(33(26)22-46)57-30-4-7-36-32(21-30)42(56)52(25-47-36)29-10-14-43(15-11-29)16-19-51(24-43)39(54)23-50-17-12-27(13-18-50)31-5-3-28(20-35(31)45)48-37-8-9-38(53)49-41(37)55;1-3-2;1-2;;;;;/h2-7,20-21,25,27,29,37,48H,8-19,23-24H2,1H3,(H,49,53,55);3H2,1-2H3;1-2H3;2*1H2;3*1H. The number of benzene rings is 3. The lowest BCUT2D eigenvalue weighted by Crippen LogP contribution is -2.47. The van der Waals surface area contributed by atoms with Gasteiger partial charge in [-0.3, -0.25) is 34.0 Å². The Labute approximate surface area is 378 Å². The number of hydrogen-bond donors (Lipinski definition) is 2. The maximum atomic E-state index is 15.2. The molecule has 3 saturated heterocycles. The topological polar surface area (TPSA) is 213 Å². The fourth-order valence-electron chi connectivity index (χ4n) is 9.17. The highest BCUT2D eigenvalue weighted by Gasteiger charge is 2.43. The van der Waals surface area contributed by atoms with Crippen LogP contribution in [0, 0.1) is 35.3 Å². The van der Waals surface area contributed by atoms with Crippen molar-refractivity contribution < 1.29 is 43.1 Å². The molecule has 1 atom stereocenters. The largest absolute Gasteiger partial charge is 0.453 e. The Kier molecular flexibility index (Phi) is 18.1. The third kappa shape index (κ3) is 11.5. The summed E-state index contributed by atoms with van der Waals surface area (Å²) in [4.78, 5) is 59.5. The van der Waals surface area contributed by atoms with Gasteiger partial charge in [-0.1, -0.05) is 46.2 Å². The molecule has 1 saturated carbocycles. The lowest BCUT2D eigenvalue weighted by atomic mass is 9.72. The third-order valence-electron chi connectivity index (χ3n) is 12.6. The molecule has 4 fully saturated rings. The van der Waals surface area contributed by atoms with Crippen LogP contribution in [0.2, 0.25) is 0 Å². The van der Waals surface area contributed by atoms with E-state index in [0.29, 0.717) is 66.9 Å². The lowest BCUT2D eigenvalue weighted by Gasteiger charge is -2.38. The van der Waals surface area contributed by atoms with Crippen molar-refractivity contribution in [2.45, 2.75) is 117 Å². The summed E-state index contributed by atoms with van der Waals surface area (Å²) < 4.78 is 37.4. The Morgan fingerprint density at radius 2 is 1.66 bits per heavy atom. The zero-order chi connectivity index (χ0) is 44.6. The second-order valence-electron chi connectivity index (χ2n) is 16.9. The van der Waals surface area contributed by atoms with E-state index in [2.05, 4.69) is 34.4 Å². The monoisotopic (exact) mass is 894 g/mol. The second-order valence-corrected chi connectivity index (χ2v) is 16.9. The summed E-state index contributed by atoms with van der Waals surface area (Å²) in [6, 6.07) is 13.9. The van der Waals surface area contributed by atoms with E-state index in [-0.39, 0.29) is 79.3 Å². The van der Waals surface area contributed by atoms with E-state index in [1.165, 1.54) is 24.6 Å². The predicted octanol–water partition coefficient (Wildman–Crippen LogP) is 7.61. The molecule has 8 rings (SSSR count). The first-order valence-corrected chi connectivity index (χ1v) is 22.2. The van der Waals surface area contributed by atoms with E-state index in [1.54, 1.807) is 48.1 Å². The predicted molar refractivity (Wildman–Crippen MR) is 249 cm³/mol. The van der Waals surface area contributed by atoms with Crippen LogP contribution in [0.3, 0.4) is 0 Å². The third-order valence-corrected chi connectivity index (χ3v) is 12.6. The number of hydrogen-bond acceptors (Lipinski definition) is 9. The number of amides is 3. The molecular formula is C48H69F2N7O7. The first-order chi connectivity index (χ1) is 29.9. The summed E-state index contributed by atoms with van der Waals surface area (Å²) in [5.41, 5.74) is 2.13. The molecule has 4 aliphatic rings. The molecule has 16 heteroatoms. The van der Waals surface area contributed by atoms with Gasteiger partial charge in [0.1, 0.15) is 29.2 Å². The molecule has 4 heterocycles. The number of imide groups is 1. The summed E-state index contributed by atoms with van der Waals surface area (Å²) in [6.07, 6.45) is 9.19. The van der Waals surface area contributed by atoms with Crippen LogP contribution in [0.15, 0.2) is 59.7 Å². The van der Waals surface area contributed by atoms with Gasteiger partial charge in [-0.2, -0.15) is 5.26 Å². The van der Waals surface area contributed by atoms with Crippen LogP contribution in [-0.2, 0) is 14.4 Å². The highest BCUT2D eigenvalue weighted by atomic mass is 19.1. The number of aryl methyl sites for hydroxylation is 1. The Morgan fingerprint density at radius 1 is 0.953 bits per heavy atom. The Balaban J connectivity index is 0.00000216. The molecule has 1 spiro atoms. The molecule has 1 aromatic heterocycles. The first kappa shape index (κ1) is 50.9. The van der Waals surface area contributed by atoms with Crippen molar-refractivity contribution in [1.29, 1.82) is 5.26 Å². The van der Waals surface area contributed by atoms with Crippen molar-refractivity contribution in [2.24, 2.45) is 5.41 Å². The number of fused-ring (bicyclic) bond motifs is 1. The van der Waals surface area contributed by atoms with E-state index >= 15 is 4.39 Å². The van der Waals surface area contributed by atoms with Crippen molar-refractivity contribution in [3.8, 4) is 17.6 Å². The molecule has 3 aliphatic heterocycles. The fourth-order valence-corrected chi connectivity index (χ4v) is 9.17. The van der Waals surface area contributed by atoms with Crippen LogP contribution in [0.1, 0.15) is 125 Å². The first-order valence-electron chi connectivity index (χ1n) is 22.2. The quantitative estimate of drug-likeness (QED) is 0.166. The number of carbonyl (C=O) groups excluding carboxylic acids is 3. The van der Waals surface area contributed by atoms with Crippen LogP contribution in [0.5, 0.6) is 11.5 Å². The minimum absolute atomic E-state index is 0. The van der Waals surface area contributed by atoms with Crippen LogP contribution in [-0.4, -0.2) is 86.8 Å². The highest BCUT2D eigenvalue weighted by molar-refractivity contribution is 6.01. The second kappa shape index (κ2) is 22.7. The number of nitrogens with zero attached hydrogens (tertiary/aromatic N) is 5. The molecule has 64 heavy (non-hydrogen) atoms. The van der Waals surface area contributed by atoms with E-state index in [4.69, 9.17) is 4.74 Å². The van der Waals surface area contributed by atoms with Crippen molar-refractivity contribution in [3.63, 3.8) is 0 Å². The summed E-state index contributed by atoms with van der Waals surface area (Å²) in [7, 11) is 0. The number of anilines is 1. The van der Waals surface area contributed by atoms with E-state index in [1.807, 2.05) is 24.8 Å². The Morgan fingerprint density at radius 3 is 2.31 bits per heavy atom. The number of likely N-dealkylation sites (tertiary alicyclic amines) is 2. The number of aromatic nitrogens is 2. The number of rotatable bonds is 8. The minimum atomic E-state index is -0.661. The molecule has 0 radical (unpaired) electrons. The van der Waals surface area contributed by atoms with Crippen molar-refractivity contribution in [3.05, 3.63) is 93.5 Å². The maximum Gasteiger partial charge on any atom is 0.261 e. The number of halogens is 2. The summed E-state index contributed by atoms with van der Waals surface area (Å²) in [5.74, 6) is -1.47. The number of carbonyl (C=O) groups is 3. The van der Waals surface area contributed by atoms with E-state index in [0.717, 1.165) is 44.9 Å². The number of ether oxygens (including phenoxy) is 1. The van der Waals surface area contributed by atoms with Crippen molar-refractivity contribution >= 4 is 34.3 Å². The van der Waals surface area contributed by atoms with Gasteiger partial charge in [-0.25, -0.2) is 13.8 Å². The molecule has 3 amide bonds. The molecule has 14 nitrogen and oxygen atoms in total. The number of piperidine rings is 2. The van der Waals surface area contributed by atoms with E-state index < -0.39 is 17.8 Å². The normalized spacial score (nSPS) is 20.9. The Bertz CT molecular complexity index is 2390. The molecule has 4 aromatic rings.